The molecule has 1 aliphatic rings. The van der Waals surface area contributed by atoms with E-state index in [1.165, 1.54) is 18.5 Å². The van der Waals surface area contributed by atoms with Crippen molar-refractivity contribution in [3.05, 3.63) is 24.5 Å². The summed E-state index contributed by atoms with van der Waals surface area (Å²) in [5, 5.41) is 0. The highest BCUT2D eigenvalue weighted by Gasteiger charge is 2.45. The zero-order chi connectivity index (χ0) is 10.9. The Hall–Kier alpha value is -0.510. The Kier molecular flexibility index (Phi) is 6.24. The van der Waals surface area contributed by atoms with E-state index in [0.29, 0.717) is 5.54 Å². The lowest BCUT2D eigenvalue weighted by Gasteiger charge is -2.30. The summed E-state index contributed by atoms with van der Waals surface area (Å²) in [7, 11) is 6.48. The van der Waals surface area contributed by atoms with Gasteiger partial charge in [-0.3, -0.25) is 4.98 Å². The first kappa shape index (κ1) is 16.5. The van der Waals surface area contributed by atoms with E-state index in [1.54, 1.807) is 0 Å². The molecule has 0 atom stereocenters. The molecule has 98 valence electrons. The first-order valence-corrected chi connectivity index (χ1v) is 5.43. The number of nitrogens with zero attached hydrogens (tertiary/aromatic N) is 3. The van der Waals surface area contributed by atoms with Crippen molar-refractivity contribution in [1.29, 1.82) is 0 Å². The number of hydrogen-bond donors (Lipinski definition) is 0. The fourth-order valence-corrected chi connectivity index (χ4v) is 2.00. The van der Waals surface area contributed by atoms with Crippen molar-refractivity contribution >= 4 is 30.5 Å². The summed E-state index contributed by atoms with van der Waals surface area (Å²) >= 11 is 0. The third kappa shape index (κ3) is 3.73. The fourth-order valence-electron chi connectivity index (χ4n) is 2.00. The largest absolute Gasteiger partial charge is 0.371 e. The third-order valence-electron chi connectivity index (χ3n) is 3.39. The van der Waals surface area contributed by atoms with Crippen molar-refractivity contribution < 1.29 is 0 Å². The minimum absolute atomic E-state index is 0. The maximum atomic E-state index is 4.15. The van der Waals surface area contributed by atoms with Gasteiger partial charge in [-0.2, -0.15) is 0 Å². The molecule has 0 unspecified atom stereocenters. The maximum absolute atomic E-state index is 4.15. The van der Waals surface area contributed by atoms with Gasteiger partial charge in [0.2, 0.25) is 0 Å². The van der Waals surface area contributed by atoms with E-state index in [1.807, 2.05) is 18.5 Å². The molecule has 2 rings (SSSR count). The second-order valence-electron chi connectivity index (χ2n) is 4.69. The van der Waals surface area contributed by atoms with Gasteiger partial charge in [0.15, 0.2) is 0 Å². The van der Waals surface area contributed by atoms with Gasteiger partial charge in [-0.25, -0.2) is 0 Å². The van der Waals surface area contributed by atoms with Crippen molar-refractivity contribution in [2.45, 2.75) is 18.4 Å². The fraction of sp³-hybridized carbons (Fsp3) is 0.583. The number of aromatic nitrogens is 1. The highest BCUT2D eigenvalue weighted by atomic mass is 35.5. The van der Waals surface area contributed by atoms with Gasteiger partial charge in [0.25, 0.3) is 0 Å². The standard InChI is InChI=1S/C12H19N3.2ClH/c1-14(2)12(6-7-12)10-15(3)11-5-4-8-13-9-11;;/h4-5,8-9H,6-7,10H2,1-3H3;2*1H. The third-order valence-corrected chi connectivity index (χ3v) is 3.39. The molecule has 0 saturated heterocycles. The van der Waals surface area contributed by atoms with Crippen LogP contribution in [0.15, 0.2) is 24.5 Å². The molecule has 0 amide bonds. The normalized spacial score (nSPS) is 15.8. The summed E-state index contributed by atoms with van der Waals surface area (Å²) in [6, 6.07) is 4.10. The summed E-state index contributed by atoms with van der Waals surface area (Å²) in [6.07, 6.45) is 6.36. The lowest BCUT2D eigenvalue weighted by atomic mass is 10.2. The number of anilines is 1. The van der Waals surface area contributed by atoms with E-state index in [9.17, 15) is 0 Å². The maximum Gasteiger partial charge on any atom is 0.0550 e. The molecule has 0 aromatic carbocycles. The summed E-state index contributed by atoms with van der Waals surface area (Å²) in [4.78, 5) is 8.78. The minimum atomic E-state index is 0. The molecule has 1 fully saturated rings. The summed E-state index contributed by atoms with van der Waals surface area (Å²) < 4.78 is 0. The molecule has 1 aromatic heterocycles. The van der Waals surface area contributed by atoms with Crippen molar-refractivity contribution in [3.63, 3.8) is 0 Å². The van der Waals surface area contributed by atoms with Crippen molar-refractivity contribution in [3.8, 4) is 0 Å². The van der Waals surface area contributed by atoms with Crippen LogP contribution in [-0.4, -0.2) is 43.1 Å². The van der Waals surface area contributed by atoms with Crippen LogP contribution in [0.5, 0.6) is 0 Å². The second-order valence-corrected chi connectivity index (χ2v) is 4.69. The van der Waals surface area contributed by atoms with Gasteiger partial charge in [-0.15, -0.1) is 24.8 Å². The first-order chi connectivity index (χ1) is 7.14. The molecule has 17 heavy (non-hydrogen) atoms. The molecule has 5 heteroatoms. The SMILES string of the molecule is CN(CC1(N(C)C)CC1)c1cccnc1.Cl.Cl. The minimum Gasteiger partial charge on any atom is -0.371 e. The summed E-state index contributed by atoms with van der Waals surface area (Å²) in [5.41, 5.74) is 1.61. The Labute approximate surface area is 116 Å². The van der Waals surface area contributed by atoms with E-state index in [2.05, 4.69) is 42.0 Å². The predicted molar refractivity (Wildman–Crippen MR) is 77.7 cm³/mol. The highest BCUT2D eigenvalue weighted by molar-refractivity contribution is 5.85. The number of halogens is 2. The van der Waals surface area contributed by atoms with Crippen LogP contribution >= 0.6 is 24.8 Å². The Bertz CT molecular complexity index is 326. The lowest BCUT2D eigenvalue weighted by molar-refractivity contribution is 0.276. The molecule has 0 N–H and O–H groups in total. The van der Waals surface area contributed by atoms with Crippen molar-refractivity contribution in [2.75, 3.05) is 32.6 Å². The summed E-state index contributed by atoms with van der Waals surface area (Å²) in [5.74, 6) is 0. The Morgan fingerprint density at radius 3 is 2.29 bits per heavy atom. The molecule has 1 heterocycles. The van der Waals surface area contributed by atoms with E-state index in [4.69, 9.17) is 0 Å². The molecule has 1 aromatic rings. The van der Waals surface area contributed by atoms with Crippen molar-refractivity contribution in [1.82, 2.24) is 9.88 Å². The van der Waals surface area contributed by atoms with Crippen LogP contribution in [-0.2, 0) is 0 Å². The zero-order valence-corrected chi connectivity index (χ0v) is 12.2. The predicted octanol–water partition coefficient (Wildman–Crippen LogP) is 2.46. The van der Waals surface area contributed by atoms with E-state index in [0.717, 1.165) is 6.54 Å². The molecule has 0 radical (unpaired) electrons. The average molecular weight is 278 g/mol. The van der Waals surface area contributed by atoms with Gasteiger partial charge in [0.05, 0.1) is 11.9 Å². The number of likely N-dealkylation sites (N-methyl/N-ethyl adjacent to an activating group) is 2. The van der Waals surface area contributed by atoms with Gasteiger partial charge in [0.1, 0.15) is 0 Å². The van der Waals surface area contributed by atoms with Crippen LogP contribution in [0.4, 0.5) is 5.69 Å². The topological polar surface area (TPSA) is 19.4 Å². The van der Waals surface area contributed by atoms with Gasteiger partial charge < -0.3 is 9.80 Å². The summed E-state index contributed by atoms with van der Waals surface area (Å²) in [6.45, 7) is 1.09. The molecular weight excluding hydrogens is 257 g/mol. The smallest absolute Gasteiger partial charge is 0.0550 e. The van der Waals surface area contributed by atoms with Crippen LogP contribution in [0.25, 0.3) is 0 Å². The molecule has 1 saturated carbocycles. The van der Waals surface area contributed by atoms with Crippen LogP contribution in [0, 0.1) is 0 Å². The highest BCUT2D eigenvalue weighted by Crippen LogP contribution is 2.41. The van der Waals surface area contributed by atoms with Crippen LogP contribution in [0.3, 0.4) is 0 Å². The van der Waals surface area contributed by atoms with Crippen LogP contribution in [0.1, 0.15) is 12.8 Å². The number of hydrogen-bond acceptors (Lipinski definition) is 3. The molecule has 0 aliphatic heterocycles. The van der Waals surface area contributed by atoms with E-state index in [-0.39, 0.29) is 24.8 Å². The Morgan fingerprint density at radius 1 is 1.24 bits per heavy atom. The Balaban J connectivity index is 0.00000128. The number of rotatable bonds is 4. The number of pyridine rings is 1. The van der Waals surface area contributed by atoms with Crippen LogP contribution in [0.2, 0.25) is 0 Å². The first-order valence-electron chi connectivity index (χ1n) is 5.43. The van der Waals surface area contributed by atoms with Crippen LogP contribution < -0.4 is 4.90 Å². The monoisotopic (exact) mass is 277 g/mol. The van der Waals surface area contributed by atoms with Gasteiger partial charge in [-0.1, -0.05) is 0 Å². The molecule has 0 bridgehead atoms. The zero-order valence-electron chi connectivity index (χ0n) is 10.6. The van der Waals surface area contributed by atoms with Gasteiger partial charge >= 0.3 is 0 Å². The lowest BCUT2D eigenvalue weighted by Crippen LogP contribution is -2.41. The molecule has 3 nitrogen and oxygen atoms in total. The van der Waals surface area contributed by atoms with E-state index < -0.39 is 0 Å². The van der Waals surface area contributed by atoms with Gasteiger partial charge in [0, 0.05) is 25.3 Å². The Morgan fingerprint density at radius 2 is 1.88 bits per heavy atom. The van der Waals surface area contributed by atoms with Gasteiger partial charge in [-0.05, 0) is 39.1 Å². The molecule has 0 spiro atoms. The molecular formula is C12H21Cl2N3. The van der Waals surface area contributed by atoms with Crippen molar-refractivity contribution in [2.24, 2.45) is 0 Å². The second kappa shape index (κ2) is 6.43. The average Bonchev–Trinajstić information content (AvgIpc) is 3.00. The quantitative estimate of drug-likeness (QED) is 0.843. The van der Waals surface area contributed by atoms with E-state index >= 15 is 0 Å². The molecule has 1 aliphatic carbocycles.